The summed E-state index contributed by atoms with van der Waals surface area (Å²) in [7, 11) is 0. The Bertz CT molecular complexity index is 1040. The summed E-state index contributed by atoms with van der Waals surface area (Å²) in [6, 6.07) is 18.0. The lowest BCUT2D eigenvalue weighted by Gasteiger charge is -2.32. The van der Waals surface area contributed by atoms with E-state index in [4.69, 9.17) is 0 Å². The third kappa shape index (κ3) is 3.57. The first-order valence-corrected chi connectivity index (χ1v) is 10.0. The normalized spacial score (nSPS) is 15.1. The van der Waals surface area contributed by atoms with Crippen LogP contribution in [0.25, 0.3) is 10.8 Å². The number of aryl methyl sites for hydroxylation is 1. The smallest absolute Gasteiger partial charge is 0.274 e. The van der Waals surface area contributed by atoms with Crippen LogP contribution in [-0.4, -0.2) is 33.7 Å². The van der Waals surface area contributed by atoms with Crippen LogP contribution < -0.4 is 5.56 Å². The van der Waals surface area contributed by atoms with Gasteiger partial charge in [-0.15, -0.1) is 0 Å². The van der Waals surface area contributed by atoms with Gasteiger partial charge in [0.05, 0.1) is 0 Å². The molecule has 1 fully saturated rings. The SMILES string of the molecule is CCCn1nc(C(=O)N2CCC(c3cccc4ccccc34)CC2)ccc1=O. The largest absolute Gasteiger partial charge is 0.337 e. The highest BCUT2D eigenvalue weighted by Crippen LogP contribution is 2.33. The van der Waals surface area contributed by atoms with E-state index in [2.05, 4.69) is 47.6 Å². The molecule has 0 bridgehead atoms. The molecule has 0 unspecified atom stereocenters. The molecule has 0 aliphatic carbocycles. The third-order valence-corrected chi connectivity index (χ3v) is 5.57. The van der Waals surface area contributed by atoms with Gasteiger partial charge in [-0.05, 0) is 47.6 Å². The highest BCUT2D eigenvalue weighted by Gasteiger charge is 2.26. The second-order valence-corrected chi connectivity index (χ2v) is 7.41. The molecule has 0 spiro atoms. The van der Waals surface area contributed by atoms with Crippen molar-refractivity contribution in [3.63, 3.8) is 0 Å². The Hall–Kier alpha value is -2.95. The Balaban J connectivity index is 1.49. The highest BCUT2D eigenvalue weighted by molar-refractivity contribution is 5.92. The number of fused-ring (bicyclic) bond motifs is 1. The lowest BCUT2D eigenvalue weighted by molar-refractivity contribution is 0.0704. The van der Waals surface area contributed by atoms with Crippen LogP contribution in [0.15, 0.2) is 59.4 Å². The molecule has 5 heteroatoms. The fourth-order valence-electron chi connectivity index (χ4n) is 4.10. The second-order valence-electron chi connectivity index (χ2n) is 7.41. The summed E-state index contributed by atoms with van der Waals surface area (Å²) in [4.78, 5) is 26.6. The third-order valence-electron chi connectivity index (χ3n) is 5.57. The number of hydrogen-bond donors (Lipinski definition) is 0. The zero-order chi connectivity index (χ0) is 19.5. The van der Waals surface area contributed by atoms with Crippen molar-refractivity contribution in [1.29, 1.82) is 0 Å². The van der Waals surface area contributed by atoms with Crippen LogP contribution in [0.2, 0.25) is 0 Å². The maximum absolute atomic E-state index is 12.9. The van der Waals surface area contributed by atoms with E-state index in [9.17, 15) is 9.59 Å². The average Bonchev–Trinajstić information content (AvgIpc) is 2.75. The standard InChI is InChI=1S/C23H25N3O2/c1-2-14-26-22(27)11-10-21(24-26)23(28)25-15-12-18(13-16-25)20-9-5-7-17-6-3-4-8-19(17)20/h3-11,18H,2,12-16H2,1H3. The van der Waals surface area contributed by atoms with Gasteiger partial charge in [0.2, 0.25) is 0 Å². The van der Waals surface area contributed by atoms with Gasteiger partial charge in [0.1, 0.15) is 5.69 Å². The minimum absolute atomic E-state index is 0.0822. The molecule has 2 heterocycles. The van der Waals surface area contributed by atoms with Crippen LogP contribution in [0.4, 0.5) is 0 Å². The summed E-state index contributed by atoms with van der Waals surface area (Å²) in [5.74, 6) is 0.373. The fourth-order valence-corrected chi connectivity index (χ4v) is 4.10. The van der Waals surface area contributed by atoms with Gasteiger partial charge in [-0.25, -0.2) is 4.68 Å². The predicted molar refractivity (Wildman–Crippen MR) is 111 cm³/mol. The van der Waals surface area contributed by atoms with Crippen LogP contribution in [-0.2, 0) is 6.54 Å². The van der Waals surface area contributed by atoms with Gasteiger partial charge in [0.25, 0.3) is 11.5 Å². The Morgan fingerprint density at radius 1 is 1.04 bits per heavy atom. The molecule has 144 valence electrons. The first-order chi connectivity index (χ1) is 13.7. The first kappa shape index (κ1) is 18.4. The van der Waals surface area contributed by atoms with Crippen molar-refractivity contribution >= 4 is 16.7 Å². The minimum atomic E-state index is -0.159. The molecule has 3 aromatic rings. The summed E-state index contributed by atoms with van der Waals surface area (Å²) in [5.41, 5.74) is 1.57. The predicted octanol–water partition coefficient (Wildman–Crippen LogP) is 3.83. The van der Waals surface area contributed by atoms with E-state index in [-0.39, 0.29) is 11.5 Å². The summed E-state index contributed by atoms with van der Waals surface area (Å²) in [6.45, 7) is 3.94. The summed E-state index contributed by atoms with van der Waals surface area (Å²) in [5, 5.41) is 6.84. The van der Waals surface area contributed by atoms with Crippen LogP contribution in [0.3, 0.4) is 0 Å². The molecule has 1 amide bonds. The number of benzene rings is 2. The molecule has 1 saturated heterocycles. The van der Waals surface area contributed by atoms with Crippen molar-refractivity contribution in [1.82, 2.24) is 14.7 Å². The number of hydrogen-bond acceptors (Lipinski definition) is 3. The molecule has 28 heavy (non-hydrogen) atoms. The van der Waals surface area contributed by atoms with Gasteiger partial charge >= 0.3 is 0 Å². The monoisotopic (exact) mass is 375 g/mol. The Labute approximate surface area is 164 Å². The first-order valence-electron chi connectivity index (χ1n) is 10.0. The van der Waals surface area contributed by atoms with Gasteiger partial charge in [-0.2, -0.15) is 5.10 Å². The van der Waals surface area contributed by atoms with Gasteiger partial charge in [-0.1, -0.05) is 49.4 Å². The fraction of sp³-hybridized carbons (Fsp3) is 0.348. The number of piperidine rings is 1. The van der Waals surface area contributed by atoms with E-state index in [1.54, 1.807) is 6.07 Å². The lowest BCUT2D eigenvalue weighted by atomic mass is 9.86. The van der Waals surface area contributed by atoms with Crippen LogP contribution >= 0.6 is 0 Å². The van der Waals surface area contributed by atoms with Crippen molar-refractivity contribution in [2.45, 2.75) is 38.6 Å². The molecule has 1 aliphatic heterocycles. The summed E-state index contributed by atoms with van der Waals surface area (Å²) >= 11 is 0. The van der Waals surface area contributed by atoms with Crippen molar-refractivity contribution in [3.8, 4) is 0 Å². The van der Waals surface area contributed by atoms with Crippen LogP contribution in [0, 0.1) is 0 Å². The van der Waals surface area contributed by atoms with Crippen molar-refractivity contribution < 1.29 is 4.79 Å². The van der Waals surface area contributed by atoms with Gasteiger partial charge in [-0.3, -0.25) is 9.59 Å². The number of nitrogens with zero attached hydrogens (tertiary/aromatic N) is 3. The molecule has 1 aromatic heterocycles. The van der Waals surface area contributed by atoms with Gasteiger partial charge in [0.15, 0.2) is 0 Å². The molecule has 0 radical (unpaired) electrons. The number of carbonyl (C=O) groups is 1. The number of likely N-dealkylation sites (tertiary alicyclic amines) is 1. The number of amides is 1. The van der Waals surface area contributed by atoms with E-state index in [1.807, 2.05) is 11.8 Å². The molecule has 1 aliphatic rings. The molecular formula is C23H25N3O2. The van der Waals surface area contributed by atoms with Gasteiger partial charge in [0, 0.05) is 25.7 Å². The molecule has 0 atom stereocenters. The van der Waals surface area contributed by atoms with Crippen molar-refractivity contribution in [3.05, 3.63) is 76.2 Å². The van der Waals surface area contributed by atoms with Crippen LogP contribution in [0.5, 0.6) is 0 Å². The van der Waals surface area contributed by atoms with Gasteiger partial charge < -0.3 is 4.90 Å². The minimum Gasteiger partial charge on any atom is -0.337 e. The Morgan fingerprint density at radius 2 is 1.79 bits per heavy atom. The second kappa shape index (κ2) is 7.97. The zero-order valence-electron chi connectivity index (χ0n) is 16.2. The number of rotatable bonds is 4. The van der Waals surface area contributed by atoms with Crippen LogP contribution in [0.1, 0.15) is 48.2 Å². The Kier molecular flexibility index (Phi) is 5.24. The molecule has 5 nitrogen and oxygen atoms in total. The lowest BCUT2D eigenvalue weighted by Crippen LogP contribution is -2.39. The quantitative estimate of drug-likeness (QED) is 0.696. The molecule has 0 N–H and O–H groups in total. The molecular weight excluding hydrogens is 350 g/mol. The van der Waals surface area contributed by atoms with Crippen molar-refractivity contribution in [2.24, 2.45) is 0 Å². The zero-order valence-corrected chi connectivity index (χ0v) is 16.2. The maximum atomic E-state index is 12.9. The summed E-state index contributed by atoms with van der Waals surface area (Å²) < 4.78 is 1.39. The van der Waals surface area contributed by atoms with E-state index in [0.717, 1.165) is 19.3 Å². The number of aromatic nitrogens is 2. The van der Waals surface area contributed by atoms with Crippen molar-refractivity contribution in [2.75, 3.05) is 13.1 Å². The van der Waals surface area contributed by atoms with E-state index in [1.165, 1.54) is 27.1 Å². The highest BCUT2D eigenvalue weighted by atomic mass is 16.2. The molecule has 0 saturated carbocycles. The van der Waals surface area contributed by atoms with E-state index >= 15 is 0 Å². The maximum Gasteiger partial charge on any atom is 0.274 e. The topological polar surface area (TPSA) is 55.2 Å². The number of carbonyl (C=O) groups excluding carboxylic acids is 1. The van der Waals surface area contributed by atoms with E-state index < -0.39 is 0 Å². The Morgan fingerprint density at radius 3 is 2.57 bits per heavy atom. The average molecular weight is 375 g/mol. The summed E-state index contributed by atoms with van der Waals surface area (Å²) in [6.07, 6.45) is 2.68. The molecule has 2 aromatic carbocycles. The van der Waals surface area contributed by atoms with E-state index in [0.29, 0.717) is 31.2 Å². The molecule has 4 rings (SSSR count).